The molecule has 0 aliphatic rings. The third-order valence-corrected chi connectivity index (χ3v) is 3.49. The molecular weight excluding hydrogens is 290 g/mol. The summed E-state index contributed by atoms with van der Waals surface area (Å²) in [5, 5.41) is 2.93. The van der Waals surface area contributed by atoms with Crippen LogP contribution in [-0.4, -0.2) is 19.1 Å². The Bertz CT molecular complexity index is 662. The molecule has 1 atom stereocenters. The lowest BCUT2D eigenvalue weighted by molar-refractivity contribution is -0.122. The maximum atomic E-state index is 12.5. The Kier molecular flexibility index (Phi) is 5.63. The summed E-state index contributed by atoms with van der Waals surface area (Å²) < 4.78 is 11.1. The number of aryl methyl sites for hydroxylation is 2. The van der Waals surface area contributed by atoms with Gasteiger partial charge in [0.05, 0.1) is 7.11 Å². The number of rotatable bonds is 6. The fourth-order valence-corrected chi connectivity index (χ4v) is 2.46. The summed E-state index contributed by atoms with van der Waals surface area (Å²) in [5.74, 6) is 1.02. The van der Waals surface area contributed by atoms with Gasteiger partial charge >= 0.3 is 0 Å². The fourth-order valence-electron chi connectivity index (χ4n) is 2.46. The minimum Gasteiger partial charge on any atom is -0.493 e. The molecule has 122 valence electrons. The van der Waals surface area contributed by atoms with E-state index in [0.29, 0.717) is 17.9 Å². The lowest BCUT2D eigenvalue weighted by Gasteiger charge is -2.19. The standard InChI is InChI=1S/C19H23NO3/c1-5-16(23-18-9-7-6-8-17(18)22-4)19(21)20-15-11-13(2)10-14(3)12-15/h6-12,16H,5H2,1-4H3,(H,20,21). The number of hydrogen-bond donors (Lipinski definition) is 1. The molecule has 0 saturated heterocycles. The first kappa shape index (κ1) is 16.9. The molecule has 0 radical (unpaired) electrons. The summed E-state index contributed by atoms with van der Waals surface area (Å²) >= 11 is 0. The topological polar surface area (TPSA) is 47.6 Å². The van der Waals surface area contributed by atoms with Crippen molar-refractivity contribution in [2.24, 2.45) is 0 Å². The summed E-state index contributed by atoms with van der Waals surface area (Å²) in [4.78, 5) is 12.5. The van der Waals surface area contributed by atoms with Crippen LogP contribution in [0.2, 0.25) is 0 Å². The van der Waals surface area contributed by atoms with Crippen molar-refractivity contribution in [2.75, 3.05) is 12.4 Å². The average Bonchev–Trinajstić information content (AvgIpc) is 2.51. The van der Waals surface area contributed by atoms with Gasteiger partial charge in [-0.15, -0.1) is 0 Å². The summed E-state index contributed by atoms with van der Waals surface area (Å²) in [6.45, 7) is 5.93. The van der Waals surface area contributed by atoms with Crippen molar-refractivity contribution in [3.8, 4) is 11.5 Å². The van der Waals surface area contributed by atoms with E-state index in [-0.39, 0.29) is 5.91 Å². The van der Waals surface area contributed by atoms with E-state index in [0.717, 1.165) is 16.8 Å². The largest absolute Gasteiger partial charge is 0.493 e. The maximum absolute atomic E-state index is 12.5. The monoisotopic (exact) mass is 313 g/mol. The van der Waals surface area contributed by atoms with Gasteiger partial charge in [0, 0.05) is 5.69 Å². The molecule has 1 unspecified atom stereocenters. The number of carbonyl (C=O) groups excluding carboxylic acids is 1. The van der Waals surface area contributed by atoms with E-state index in [1.807, 2.05) is 51.1 Å². The molecule has 2 aromatic carbocycles. The number of nitrogens with one attached hydrogen (secondary N) is 1. The van der Waals surface area contributed by atoms with E-state index < -0.39 is 6.10 Å². The first-order valence-corrected chi connectivity index (χ1v) is 7.72. The second kappa shape index (κ2) is 7.68. The van der Waals surface area contributed by atoms with Gasteiger partial charge in [-0.2, -0.15) is 0 Å². The van der Waals surface area contributed by atoms with Crippen LogP contribution in [0.5, 0.6) is 11.5 Å². The van der Waals surface area contributed by atoms with Crippen LogP contribution in [0.25, 0.3) is 0 Å². The van der Waals surface area contributed by atoms with Crippen LogP contribution in [0.3, 0.4) is 0 Å². The molecule has 4 heteroatoms. The van der Waals surface area contributed by atoms with Crippen molar-refractivity contribution in [3.05, 3.63) is 53.6 Å². The molecule has 0 fully saturated rings. The zero-order valence-electron chi connectivity index (χ0n) is 14.1. The van der Waals surface area contributed by atoms with Crippen molar-refractivity contribution < 1.29 is 14.3 Å². The zero-order chi connectivity index (χ0) is 16.8. The summed E-state index contributed by atoms with van der Waals surface area (Å²) in [5.41, 5.74) is 3.01. The van der Waals surface area contributed by atoms with Gasteiger partial charge in [-0.05, 0) is 55.7 Å². The van der Waals surface area contributed by atoms with E-state index >= 15 is 0 Å². The Balaban J connectivity index is 2.12. The highest BCUT2D eigenvalue weighted by molar-refractivity contribution is 5.94. The highest BCUT2D eigenvalue weighted by atomic mass is 16.5. The van der Waals surface area contributed by atoms with Crippen LogP contribution >= 0.6 is 0 Å². The quantitative estimate of drug-likeness (QED) is 0.873. The maximum Gasteiger partial charge on any atom is 0.265 e. The van der Waals surface area contributed by atoms with Crippen molar-refractivity contribution in [1.82, 2.24) is 0 Å². The Hall–Kier alpha value is -2.49. The van der Waals surface area contributed by atoms with Crippen molar-refractivity contribution >= 4 is 11.6 Å². The minimum absolute atomic E-state index is 0.164. The number of amides is 1. The smallest absolute Gasteiger partial charge is 0.265 e. The highest BCUT2D eigenvalue weighted by Gasteiger charge is 2.20. The van der Waals surface area contributed by atoms with Gasteiger partial charge in [-0.3, -0.25) is 4.79 Å². The van der Waals surface area contributed by atoms with Gasteiger partial charge in [0.15, 0.2) is 17.6 Å². The predicted octanol–water partition coefficient (Wildman–Crippen LogP) is 4.11. The molecule has 0 aliphatic carbocycles. The van der Waals surface area contributed by atoms with E-state index in [4.69, 9.17) is 9.47 Å². The van der Waals surface area contributed by atoms with Crippen LogP contribution in [0.1, 0.15) is 24.5 Å². The Labute approximate surface area is 137 Å². The first-order chi connectivity index (χ1) is 11.0. The molecule has 0 bridgehead atoms. The second-order valence-electron chi connectivity index (χ2n) is 5.53. The number of carbonyl (C=O) groups is 1. The summed E-state index contributed by atoms with van der Waals surface area (Å²) in [6, 6.07) is 13.3. The Morgan fingerprint density at radius 2 is 1.70 bits per heavy atom. The van der Waals surface area contributed by atoms with Crippen LogP contribution in [0.15, 0.2) is 42.5 Å². The van der Waals surface area contributed by atoms with Gasteiger partial charge in [0.2, 0.25) is 0 Å². The highest BCUT2D eigenvalue weighted by Crippen LogP contribution is 2.27. The van der Waals surface area contributed by atoms with Gasteiger partial charge in [-0.25, -0.2) is 0 Å². The number of benzene rings is 2. The third kappa shape index (κ3) is 4.49. The second-order valence-corrected chi connectivity index (χ2v) is 5.53. The summed E-state index contributed by atoms with van der Waals surface area (Å²) in [6.07, 6.45) is -0.0126. The molecule has 2 rings (SSSR count). The van der Waals surface area contributed by atoms with Crippen molar-refractivity contribution in [1.29, 1.82) is 0 Å². The van der Waals surface area contributed by atoms with E-state index in [9.17, 15) is 4.79 Å². The van der Waals surface area contributed by atoms with Crippen LogP contribution in [-0.2, 0) is 4.79 Å². The number of anilines is 1. The van der Waals surface area contributed by atoms with E-state index in [2.05, 4.69) is 11.4 Å². The van der Waals surface area contributed by atoms with Crippen LogP contribution in [0.4, 0.5) is 5.69 Å². The molecule has 0 aromatic heterocycles. The van der Waals surface area contributed by atoms with Crippen LogP contribution < -0.4 is 14.8 Å². The third-order valence-electron chi connectivity index (χ3n) is 3.49. The predicted molar refractivity (Wildman–Crippen MR) is 92.2 cm³/mol. The molecule has 1 amide bonds. The lowest BCUT2D eigenvalue weighted by Crippen LogP contribution is -2.32. The van der Waals surface area contributed by atoms with E-state index in [1.54, 1.807) is 13.2 Å². The SMILES string of the molecule is CCC(Oc1ccccc1OC)C(=O)Nc1cc(C)cc(C)c1. The number of hydrogen-bond acceptors (Lipinski definition) is 3. The van der Waals surface area contributed by atoms with E-state index in [1.165, 1.54) is 0 Å². The summed E-state index contributed by atoms with van der Waals surface area (Å²) in [7, 11) is 1.58. The van der Waals surface area contributed by atoms with Crippen LogP contribution in [0, 0.1) is 13.8 Å². The Morgan fingerprint density at radius 1 is 1.09 bits per heavy atom. The number of para-hydroxylation sites is 2. The van der Waals surface area contributed by atoms with Gasteiger partial charge < -0.3 is 14.8 Å². The van der Waals surface area contributed by atoms with Gasteiger partial charge in [0.1, 0.15) is 0 Å². The molecule has 0 aliphatic heterocycles. The first-order valence-electron chi connectivity index (χ1n) is 7.72. The molecule has 2 aromatic rings. The molecule has 0 saturated carbocycles. The zero-order valence-corrected chi connectivity index (χ0v) is 14.1. The van der Waals surface area contributed by atoms with Gasteiger partial charge in [0.25, 0.3) is 5.91 Å². The Morgan fingerprint density at radius 3 is 2.26 bits per heavy atom. The average molecular weight is 313 g/mol. The number of methoxy groups -OCH3 is 1. The molecule has 23 heavy (non-hydrogen) atoms. The molecule has 0 spiro atoms. The lowest BCUT2D eigenvalue weighted by atomic mass is 10.1. The van der Waals surface area contributed by atoms with Gasteiger partial charge in [-0.1, -0.05) is 25.1 Å². The fraction of sp³-hybridized carbons (Fsp3) is 0.316. The molecule has 0 heterocycles. The van der Waals surface area contributed by atoms with Crippen molar-refractivity contribution in [2.45, 2.75) is 33.3 Å². The molecule has 4 nitrogen and oxygen atoms in total. The molecular formula is C19H23NO3. The normalized spacial score (nSPS) is 11.7. The van der Waals surface area contributed by atoms with Crippen molar-refractivity contribution in [3.63, 3.8) is 0 Å². The molecule has 1 N–H and O–H groups in total. The number of ether oxygens (including phenoxy) is 2. The minimum atomic E-state index is -0.577.